The van der Waals surface area contributed by atoms with Crippen LogP contribution in [0.15, 0.2) is 0 Å². The fourth-order valence-electron chi connectivity index (χ4n) is 7.80. The van der Waals surface area contributed by atoms with Crippen LogP contribution in [0.4, 0.5) is 0 Å². The maximum Gasteiger partial charge on any atom is 0.397 e. The van der Waals surface area contributed by atoms with E-state index in [0.29, 0.717) is 0 Å². The molecule has 0 saturated carbocycles. The quantitative estimate of drug-likeness (QED) is 0.0639. The summed E-state index contributed by atoms with van der Waals surface area (Å²) in [5.74, 6) is -1.65. The molecule has 0 aliphatic carbocycles. The molecule has 0 aromatic rings. The molecule has 0 spiro atoms. The molecule has 31 heteroatoms. The number of nitrogens with one attached hydrogen (secondary N) is 2. The van der Waals surface area contributed by atoms with Gasteiger partial charge in [-0.1, -0.05) is 0 Å². The highest BCUT2D eigenvalue weighted by atomic mass is 32.3. The Morgan fingerprint density at radius 1 is 0.508 bits per heavy atom. The van der Waals surface area contributed by atoms with E-state index in [2.05, 4.69) is 14.8 Å². The van der Waals surface area contributed by atoms with Crippen molar-refractivity contribution in [1.29, 1.82) is 0 Å². The fraction of sp³-hybridized carbons (Fsp3) is 0.941. The first kappa shape index (κ1) is 53.9. The summed E-state index contributed by atoms with van der Waals surface area (Å²) in [5.41, 5.74) is 0. The number of carbonyl (C=O) groups is 2. The maximum absolute atomic E-state index is 12.4. The van der Waals surface area contributed by atoms with Crippen molar-refractivity contribution in [2.75, 3.05) is 26.4 Å². The van der Waals surface area contributed by atoms with Gasteiger partial charge in [0.2, 0.25) is 11.8 Å². The normalized spacial score (nSPS) is 47.5. The van der Waals surface area contributed by atoms with Gasteiger partial charge in [-0.15, -0.1) is 0 Å². The van der Waals surface area contributed by atoms with Crippen molar-refractivity contribution in [3.05, 3.63) is 0 Å². The highest BCUT2D eigenvalue weighted by Gasteiger charge is 2.56. The molecule has 0 unspecified atom stereocenters. The molecule has 5 aliphatic heterocycles. The van der Waals surface area contributed by atoms with Gasteiger partial charge in [-0.3, -0.25) is 14.1 Å². The third kappa shape index (κ3) is 12.6. The molecule has 25 atom stereocenters. The second kappa shape index (κ2) is 22.6. The van der Waals surface area contributed by atoms with Gasteiger partial charge in [0.15, 0.2) is 31.5 Å². The summed E-state index contributed by atoms with van der Waals surface area (Å²) < 4.78 is 87.9. The number of hydrogen-bond donors (Lipinski definition) is 16. The number of ether oxygens (including phenoxy) is 9. The van der Waals surface area contributed by atoms with E-state index in [9.17, 15) is 88.9 Å². The summed E-state index contributed by atoms with van der Waals surface area (Å²) in [7, 11) is -5.24. The van der Waals surface area contributed by atoms with Crippen LogP contribution in [0.5, 0.6) is 0 Å². The Morgan fingerprint density at radius 2 is 1.00 bits per heavy atom. The summed E-state index contributed by atoms with van der Waals surface area (Å²) in [5, 5.41) is 143. The molecule has 5 heterocycles. The van der Waals surface area contributed by atoms with Crippen LogP contribution in [0.3, 0.4) is 0 Å². The standard InChI is InChI=1S/C34H58N2O28S/c1-8-17(41)22(46)25(49)32(57-8)64-29-24(48)19(43)12(5-38)60-34(29)63-28-16(36-10(3)40)30(51)58-13(20(28)44)6-55-31-15(35-9(2)39)21(45)27(14(61-31)7-56-65(52,53)54)62-33-26(50)23(47)18(42)11(4-37)59-33/h8,11-34,37-38,41-51H,4-7H2,1-3H3,(H,35,39)(H,36,40)(H,52,53,54)/t8-,11+,12+,13+,14+,15+,16+,17+,18-,19-,20-,21+,22+,23-,24-,25-,26+,27+,28+,29+,30-,31+,32-,33-,34-/m0/s1. The molecule has 30 nitrogen and oxygen atoms in total. The molecule has 0 aromatic heterocycles. The molecule has 2 amide bonds. The first-order valence-corrected chi connectivity index (χ1v) is 21.5. The molecular formula is C34H58N2O28S. The first-order chi connectivity index (χ1) is 30.4. The number of rotatable bonds is 16. The monoisotopic (exact) mass is 974 g/mol. The lowest BCUT2D eigenvalue weighted by atomic mass is 9.94. The lowest BCUT2D eigenvalue weighted by Gasteiger charge is -2.49. The van der Waals surface area contributed by atoms with Crippen molar-refractivity contribution in [2.45, 2.75) is 174 Å². The molecule has 5 fully saturated rings. The second-order valence-corrected chi connectivity index (χ2v) is 17.1. The fourth-order valence-corrected chi connectivity index (χ4v) is 8.10. The van der Waals surface area contributed by atoms with Crippen molar-refractivity contribution in [1.82, 2.24) is 10.6 Å². The molecule has 378 valence electrons. The van der Waals surface area contributed by atoms with Crippen LogP contribution in [-0.4, -0.2) is 271 Å². The summed E-state index contributed by atoms with van der Waals surface area (Å²) in [6.07, 6.45) is -42.7. The Bertz CT molecular complexity index is 1670. The summed E-state index contributed by atoms with van der Waals surface area (Å²) >= 11 is 0. The number of carbonyl (C=O) groups excluding carboxylic acids is 2. The highest BCUT2D eigenvalue weighted by Crippen LogP contribution is 2.35. The van der Waals surface area contributed by atoms with Crippen LogP contribution in [-0.2, 0) is 66.8 Å². The van der Waals surface area contributed by atoms with E-state index in [-0.39, 0.29) is 0 Å². The topological polar surface area (TPSA) is 468 Å². The van der Waals surface area contributed by atoms with E-state index in [1.165, 1.54) is 6.92 Å². The van der Waals surface area contributed by atoms with Gasteiger partial charge in [0.05, 0.1) is 32.5 Å². The molecule has 0 radical (unpaired) electrons. The van der Waals surface area contributed by atoms with Crippen molar-refractivity contribution >= 4 is 22.2 Å². The van der Waals surface area contributed by atoms with Crippen LogP contribution in [0, 0.1) is 0 Å². The van der Waals surface area contributed by atoms with Gasteiger partial charge in [-0.2, -0.15) is 8.42 Å². The Hall–Kier alpha value is -2.07. The molecule has 0 bridgehead atoms. The van der Waals surface area contributed by atoms with Gasteiger partial charge >= 0.3 is 10.4 Å². The van der Waals surface area contributed by atoms with Gasteiger partial charge in [0.25, 0.3) is 0 Å². The average molecular weight is 975 g/mol. The van der Waals surface area contributed by atoms with Gasteiger partial charge in [-0.25, -0.2) is 4.18 Å². The van der Waals surface area contributed by atoms with Gasteiger partial charge in [0, 0.05) is 13.8 Å². The van der Waals surface area contributed by atoms with E-state index in [0.717, 1.165) is 13.8 Å². The van der Waals surface area contributed by atoms with Crippen LogP contribution in [0.2, 0.25) is 0 Å². The Morgan fingerprint density at radius 3 is 1.57 bits per heavy atom. The van der Waals surface area contributed by atoms with Crippen LogP contribution in [0.25, 0.3) is 0 Å². The van der Waals surface area contributed by atoms with Crippen molar-refractivity contribution < 1.29 is 136 Å². The maximum atomic E-state index is 12.4. The van der Waals surface area contributed by atoms with E-state index in [1.807, 2.05) is 0 Å². The Labute approximate surface area is 368 Å². The molecule has 65 heavy (non-hydrogen) atoms. The molecule has 16 N–H and O–H groups in total. The minimum absolute atomic E-state index is 0.809. The molecule has 5 rings (SSSR count). The third-order valence-electron chi connectivity index (χ3n) is 11.3. The zero-order valence-corrected chi connectivity index (χ0v) is 35.5. The Balaban J connectivity index is 1.40. The van der Waals surface area contributed by atoms with E-state index in [4.69, 9.17) is 42.6 Å². The van der Waals surface area contributed by atoms with Crippen molar-refractivity contribution in [3.8, 4) is 0 Å². The minimum atomic E-state index is -5.24. The number of amides is 2. The average Bonchev–Trinajstić information content (AvgIpc) is 3.24. The summed E-state index contributed by atoms with van der Waals surface area (Å²) in [4.78, 5) is 24.7. The summed E-state index contributed by atoms with van der Waals surface area (Å²) in [6.45, 7) is -0.599. The number of aliphatic hydroxyl groups excluding tert-OH is 13. The number of aliphatic hydroxyl groups is 13. The van der Waals surface area contributed by atoms with Crippen LogP contribution in [0.1, 0.15) is 20.8 Å². The van der Waals surface area contributed by atoms with Crippen LogP contribution >= 0.6 is 0 Å². The SMILES string of the molecule is CC(=O)N[C@@H]1[C@@H](O[C@@H]2O[C@H](CO)[C@H](O)[C@H](O)[C@H]2O[C@@H]2O[C@@H](C)[C@@H](O)[C@@H](O)[C@@H]2O)[C@@H](O)[C@@H](CO[C@@H]2O[C@H](COS(=O)(=O)O)[C@@H](O[C@@H]3O[C@H](CO)[C@H](O)[C@H](O)[C@H]3O)[C@H](O)[C@H]2NC(C)=O)O[C@@H]1O. The number of hydrogen-bond acceptors (Lipinski definition) is 27. The van der Waals surface area contributed by atoms with E-state index in [1.54, 1.807) is 0 Å². The van der Waals surface area contributed by atoms with Gasteiger partial charge < -0.3 is 120 Å². The first-order valence-electron chi connectivity index (χ1n) is 20.1. The Kier molecular flexibility index (Phi) is 18.7. The van der Waals surface area contributed by atoms with Crippen LogP contribution < -0.4 is 10.6 Å². The zero-order chi connectivity index (χ0) is 48.4. The zero-order valence-electron chi connectivity index (χ0n) is 34.6. The molecule has 0 aromatic carbocycles. The predicted molar refractivity (Wildman–Crippen MR) is 199 cm³/mol. The highest BCUT2D eigenvalue weighted by molar-refractivity contribution is 7.80. The van der Waals surface area contributed by atoms with Gasteiger partial charge in [-0.05, 0) is 6.92 Å². The lowest BCUT2D eigenvalue weighted by molar-refractivity contribution is -0.381. The smallest absolute Gasteiger partial charge is 0.394 e. The second-order valence-electron chi connectivity index (χ2n) is 16.0. The molecule has 5 aliphatic rings. The van der Waals surface area contributed by atoms with Crippen molar-refractivity contribution in [3.63, 3.8) is 0 Å². The van der Waals surface area contributed by atoms with E-state index < -0.39 is 202 Å². The largest absolute Gasteiger partial charge is 0.397 e. The van der Waals surface area contributed by atoms with Crippen molar-refractivity contribution in [2.24, 2.45) is 0 Å². The molecule has 5 saturated heterocycles. The summed E-state index contributed by atoms with van der Waals surface area (Å²) in [6, 6.07) is -3.43. The third-order valence-corrected chi connectivity index (χ3v) is 11.7. The van der Waals surface area contributed by atoms with E-state index >= 15 is 0 Å². The minimum Gasteiger partial charge on any atom is -0.394 e. The molecular weight excluding hydrogens is 916 g/mol. The predicted octanol–water partition coefficient (Wildman–Crippen LogP) is -10.8. The lowest BCUT2D eigenvalue weighted by Crippen LogP contribution is -2.69. The van der Waals surface area contributed by atoms with Gasteiger partial charge in [0.1, 0.15) is 116 Å².